The van der Waals surface area contributed by atoms with E-state index in [1.807, 2.05) is 24.5 Å². The Morgan fingerprint density at radius 2 is 1.84 bits per heavy atom. The molecule has 7 nitrogen and oxygen atoms in total. The van der Waals surface area contributed by atoms with Crippen molar-refractivity contribution in [2.45, 2.75) is 13.8 Å². The summed E-state index contributed by atoms with van der Waals surface area (Å²) in [6, 6.07) is 14.8. The lowest BCUT2D eigenvalue weighted by Gasteiger charge is -2.22. The third-order valence-electron chi connectivity index (χ3n) is 4.76. The molecular weight excluding hydrogens is 499 g/mol. The van der Waals surface area contributed by atoms with E-state index in [1.54, 1.807) is 36.4 Å². The van der Waals surface area contributed by atoms with Crippen LogP contribution in [0.1, 0.15) is 17.0 Å². The number of para-hydroxylation sites is 1. The van der Waals surface area contributed by atoms with Gasteiger partial charge in [0.25, 0.3) is 5.91 Å². The number of hydrogen-bond donors (Lipinski definition) is 1. The first-order valence-electron chi connectivity index (χ1n) is 9.57. The predicted octanol–water partition coefficient (Wildman–Crippen LogP) is 3.91. The first kappa shape index (κ1) is 23.7. The molecule has 0 aliphatic heterocycles. The minimum atomic E-state index is -3.69. The molecule has 0 unspecified atom stereocenters. The van der Waals surface area contributed by atoms with E-state index in [-0.39, 0.29) is 5.82 Å². The highest BCUT2D eigenvalue weighted by molar-refractivity contribution is 9.10. The van der Waals surface area contributed by atoms with Crippen LogP contribution in [-0.4, -0.2) is 37.9 Å². The van der Waals surface area contributed by atoms with E-state index in [0.717, 1.165) is 33.2 Å². The molecule has 0 saturated carbocycles. The first-order valence-corrected chi connectivity index (χ1v) is 12.2. The molecule has 1 aromatic heterocycles. The molecule has 10 heteroatoms. The fourth-order valence-electron chi connectivity index (χ4n) is 3.28. The number of anilines is 1. The molecule has 0 spiro atoms. The lowest BCUT2D eigenvalue weighted by molar-refractivity contribution is -0.119. The van der Waals surface area contributed by atoms with Crippen LogP contribution in [0, 0.1) is 19.7 Å². The summed E-state index contributed by atoms with van der Waals surface area (Å²) in [6.45, 7) is 3.37. The van der Waals surface area contributed by atoms with Gasteiger partial charge >= 0.3 is 0 Å². The van der Waals surface area contributed by atoms with Crippen LogP contribution in [0.4, 0.5) is 10.1 Å². The van der Waals surface area contributed by atoms with Gasteiger partial charge in [-0.2, -0.15) is 5.10 Å². The molecule has 0 bridgehead atoms. The lowest BCUT2D eigenvalue weighted by Crippen LogP contribution is -2.39. The number of hydrogen-bond acceptors (Lipinski definition) is 4. The minimum Gasteiger partial charge on any atom is -0.318 e. The quantitative estimate of drug-likeness (QED) is 0.378. The van der Waals surface area contributed by atoms with E-state index in [1.165, 1.54) is 18.3 Å². The number of amides is 1. The maximum absolute atomic E-state index is 13.2. The van der Waals surface area contributed by atoms with Gasteiger partial charge in [0.2, 0.25) is 10.0 Å². The molecule has 2 aromatic carbocycles. The number of aryl methyl sites for hydroxylation is 1. The predicted molar refractivity (Wildman–Crippen MR) is 127 cm³/mol. The zero-order valence-corrected chi connectivity index (χ0v) is 20.1. The van der Waals surface area contributed by atoms with E-state index < -0.39 is 22.5 Å². The molecule has 0 atom stereocenters. The van der Waals surface area contributed by atoms with Gasteiger partial charge in [-0.25, -0.2) is 18.2 Å². The van der Waals surface area contributed by atoms with Crippen molar-refractivity contribution >= 4 is 43.8 Å². The molecule has 1 heterocycles. The van der Waals surface area contributed by atoms with Crippen molar-refractivity contribution in [1.82, 2.24) is 9.99 Å². The number of rotatable bonds is 7. The summed E-state index contributed by atoms with van der Waals surface area (Å²) in [4.78, 5) is 12.4. The molecule has 0 aliphatic rings. The average molecular weight is 521 g/mol. The van der Waals surface area contributed by atoms with Crippen molar-refractivity contribution in [1.29, 1.82) is 0 Å². The number of hydrazone groups is 1. The van der Waals surface area contributed by atoms with Crippen LogP contribution in [0.2, 0.25) is 0 Å². The Morgan fingerprint density at radius 1 is 1.19 bits per heavy atom. The van der Waals surface area contributed by atoms with Crippen molar-refractivity contribution in [3.8, 4) is 5.69 Å². The Morgan fingerprint density at radius 3 is 2.47 bits per heavy atom. The van der Waals surface area contributed by atoms with Crippen LogP contribution in [0.5, 0.6) is 0 Å². The molecule has 0 aliphatic carbocycles. The fraction of sp³-hybridized carbons (Fsp3) is 0.182. The van der Waals surface area contributed by atoms with Crippen LogP contribution in [0.3, 0.4) is 0 Å². The smallest absolute Gasteiger partial charge is 0.260 e. The van der Waals surface area contributed by atoms with Crippen LogP contribution in [0.15, 0.2) is 64.2 Å². The summed E-state index contributed by atoms with van der Waals surface area (Å²) in [7, 11) is -3.69. The summed E-state index contributed by atoms with van der Waals surface area (Å²) < 4.78 is 41.2. The molecule has 168 valence electrons. The highest BCUT2D eigenvalue weighted by Gasteiger charge is 2.22. The molecule has 1 amide bonds. The van der Waals surface area contributed by atoms with Crippen LogP contribution >= 0.6 is 15.9 Å². The Balaban J connectivity index is 1.74. The standard InChI is InChI=1S/C22H22BrFN4O3S/c1-15-12-17(16(2)28(15)19-10-8-18(24)9-11-19)13-25-26-22(29)14-27(32(3,30)31)21-7-5-4-6-20(21)23/h4-13H,14H2,1-3H3,(H,26,29)/b25-13-. The number of nitrogens with zero attached hydrogens (tertiary/aromatic N) is 3. The number of sulfonamides is 1. The van der Waals surface area contributed by atoms with Crippen molar-refractivity contribution < 1.29 is 17.6 Å². The van der Waals surface area contributed by atoms with Gasteiger partial charge in [-0.1, -0.05) is 12.1 Å². The van der Waals surface area contributed by atoms with Crippen LogP contribution < -0.4 is 9.73 Å². The second-order valence-corrected chi connectivity index (χ2v) is 9.91. The number of halogens is 2. The molecule has 1 N–H and O–H groups in total. The van der Waals surface area contributed by atoms with Crippen molar-refractivity contribution in [2.75, 3.05) is 17.1 Å². The lowest BCUT2D eigenvalue weighted by atomic mass is 10.2. The highest BCUT2D eigenvalue weighted by atomic mass is 79.9. The van der Waals surface area contributed by atoms with E-state index in [4.69, 9.17) is 0 Å². The number of benzene rings is 2. The molecule has 0 saturated heterocycles. The highest BCUT2D eigenvalue weighted by Crippen LogP contribution is 2.27. The van der Waals surface area contributed by atoms with Crippen LogP contribution in [-0.2, 0) is 14.8 Å². The Kier molecular flexibility index (Phi) is 7.15. The Hall–Kier alpha value is -2.98. The molecule has 0 fully saturated rings. The van der Waals surface area contributed by atoms with Gasteiger partial charge in [-0.3, -0.25) is 9.10 Å². The van der Waals surface area contributed by atoms with Gasteiger partial charge in [-0.15, -0.1) is 0 Å². The second-order valence-electron chi connectivity index (χ2n) is 7.15. The molecule has 3 rings (SSSR count). The first-order chi connectivity index (χ1) is 15.1. The molecule has 0 radical (unpaired) electrons. The van der Waals surface area contributed by atoms with Gasteiger partial charge in [0.1, 0.15) is 12.4 Å². The van der Waals surface area contributed by atoms with E-state index in [0.29, 0.717) is 10.2 Å². The van der Waals surface area contributed by atoms with Gasteiger partial charge < -0.3 is 4.57 Å². The number of carbonyl (C=O) groups excluding carboxylic acids is 1. The zero-order valence-electron chi connectivity index (χ0n) is 17.7. The Bertz CT molecular complexity index is 1270. The molecular formula is C22H22BrFN4O3S. The summed E-state index contributed by atoms with van der Waals surface area (Å²) in [6.07, 6.45) is 2.52. The van der Waals surface area contributed by atoms with Crippen molar-refractivity contribution in [3.63, 3.8) is 0 Å². The molecule has 32 heavy (non-hydrogen) atoms. The maximum atomic E-state index is 13.2. The number of carbonyl (C=O) groups is 1. The zero-order chi connectivity index (χ0) is 23.5. The normalized spacial score (nSPS) is 11.7. The van der Waals surface area contributed by atoms with E-state index in [2.05, 4.69) is 26.5 Å². The van der Waals surface area contributed by atoms with Gasteiger partial charge in [-0.05, 0) is 72.2 Å². The molecule has 3 aromatic rings. The van der Waals surface area contributed by atoms with E-state index >= 15 is 0 Å². The van der Waals surface area contributed by atoms with Crippen LogP contribution in [0.25, 0.3) is 5.69 Å². The monoisotopic (exact) mass is 520 g/mol. The van der Waals surface area contributed by atoms with Gasteiger partial charge in [0, 0.05) is 27.1 Å². The van der Waals surface area contributed by atoms with Gasteiger partial charge in [0.15, 0.2) is 0 Å². The average Bonchev–Trinajstić information content (AvgIpc) is 3.00. The third-order valence-corrected chi connectivity index (χ3v) is 6.55. The van der Waals surface area contributed by atoms with Gasteiger partial charge in [0.05, 0.1) is 18.2 Å². The summed E-state index contributed by atoms with van der Waals surface area (Å²) in [5.41, 5.74) is 6.08. The number of aromatic nitrogens is 1. The number of nitrogens with one attached hydrogen (secondary N) is 1. The SMILES string of the molecule is Cc1cc(/C=N\NC(=O)CN(c2ccccc2Br)S(C)(=O)=O)c(C)n1-c1ccc(F)cc1. The topological polar surface area (TPSA) is 83.8 Å². The van der Waals surface area contributed by atoms with Crippen molar-refractivity contribution in [3.05, 3.63) is 81.8 Å². The summed E-state index contributed by atoms with van der Waals surface area (Å²) in [5, 5.41) is 3.98. The third kappa shape index (κ3) is 5.43. The fourth-order valence-corrected chi connectivity index (χ4v) is 4.76. The largest absolute Gasteiger partial charge is 0.318 e. The maximum Gasteiger partial charge on any atom is 0.260 e. The Labute approximate surface area is 194 Å². The van der Waals surface area contributed by atoms with Crippen molar-refractivity contribution in [2.24, 2.45) is 5.10 Å². The second kappa shape index (κ2) is 9.66. The van der Waals surface area contributed by atoms with E-state index in [9.17, 15) is 17.6 Å². The summed E-state index contributed by atoms with van der Waals surface area (Å²) in [5.74, 6) is -0.902. The summed E-state index contributed by atoms with van der Waals surface area (Å²) >= 11 is 3.31. The minimum absolute atomic E-state index is 0.314.